The summed E-state index contributed by atoms with van der Waals surface area (Å²) in [5.41, 5.74) is 1.89. The Morgan fingerprint density at radius 1 is 1.12 bits per heavy atom. The Labute approximate surface area is 152 Å². The summed E-state index contributed by atoms with van der Waals surface area (Å²) >= 11 is 0. The van der Waals surface area contributed by atoms with Gasteiger partial charge in [0.05, 0.1) is 17.6 Å². The number of aliphatic hydroxyl groups is 1. The normalized spacial score (nSPS) is 12.3. The number of ether oxygens (including phenoxy) is 1. The lowest BCUT2D eigenvalue weighted by atomic mass is 10.3. The first-order chi connectivity index (χ1) is 12.6. The van der Waals surface area contributed by atoms with Crippen LogP contribution in [0.4, 0.5) is 10.3 Å². The molecule has 1 N–H and O–H groups in total. The molecule has 6 heteroatoms. The van der Waals surface area contributed by atoms with Crippen molar-refractivity contribution in [3.63, 3.8) is 0 Å². The third kappa shape index (κ3) is 3.96. The summed E-state index contributed by atoms with van der Waals surface area (Å²) in [4.78, 5) is 6.89. The van der Waals surface area contributed by atoms with Gasteiger partial charge >= 0.3 is 0 Å². The molecule has 1 atom stereocenters. The quantitative estimate of drug-likeness (QED) is 0.671. The van der Waals surface area contributed by atoms with Crippen LogP contribution in [-0.2, 0) is 6.54 Å². The molecule has 1 unspecified atom stereocenters. The van der Waals surface area contributed by atoms with Crippen LogP contribution in [0.2, 0.25) is 0 Å². The summed E-state index contributed by atoms with van der Waals surface area (Å²) in [7, 11) is 0. The number of halogens is 1. The molecule has 0 aliphatic heterocycles. The van der Waals surface area contributed by atoms with Crippen LogP contribution in [0.25, 0.3) is 11.0 Å². The third-order valence-electron chi connectivity index (χ3n) is 4.33. The number of para-hydroxylation sites is 2. The van der Waals surface area contributed by atoms with E-state index in [1.54, 1.807) is 12.1 Å². The minimum absolute atomic E-state index is 0.121. The van der Waals surface area contributed by atoms with Crippen LogP contribution in [0, 0.1) is 5.82 Å². The number of anilines is 1. The maximum atomic E-state index is 13.0. The number of rotatable bonds is 8. The standard InChI is InChI=1S/C20H24FN3O2/c1-3-23(4-2)20-22-18-7-5-6-8-19(18)24(20)13-16(25)14-26-17-11-9-15(21)10-12-17/h5-12,16,25H,3-4,13-14H2,1-2H3. The van der Waals surface area contributed by atoms with Gasteiger partial charge in [0, 0.05) is 13.1 Å². The number of aromatic nitrogens is 2. The third-order valence-corrected chi connectivity index (χ3v) is 4.33. The van der Waals surface area contributed by atoms with Crippen LogP contribution < -0.4 is 9.64 Å². The maximum absolute atomic E-state index is 13.0. The molecule has 0 aliphatic carbocycles. The summed E-state index contributed by atoms with van der Waals surface area (Å²) < 4.78 is 20.6. The van der Waals surface area contributed by atoms with Gasteiger partial charge in [-0.25, -0.2) is 9.37 Å². The van der Waals surface area contributed by atoms with E-state index in [0.717, 1.165) is 30.1 Å². The predicted octanol–water partition coefficient (Wildman–Crippen LogP) is 3.46. The number of aliphatic hydroxyl groups excluding tert-OH is 1. The lowest BCUT2D eigenvalue weighted by Crippen LogP contribution is -2.29. The minimum atomic E-state index is -0.716. The summed E-state index contributed by atoms with van der Waals surface area (Å²) in [5, 5.41) is 10.5. The average Bonchev–Trinajstić information content (AvgIpc) is 3.01. The Morgan fingerprint density at radius 2 is 1.81 bits per heavy atom. The van der Waals surface area contributed by atoms with E-state index in [9.17, 15) is 9.50 Å². The number of hydrogen-bond donors (Lipinski definition) is 1. The fourth-order valence-corrected chi connectivity index (χ4v) is 2.98. The van der Waals surface area contributed by atoms with E-state index in [1.165, 1.54) is 12.1 Å². The zero-order chi connectivity index (χ0) is 18.5. The second-order valence-electron chi connectivity index (χ2n) is 6.10. The summed E-state index contributed by atoms with van der Waals surface area (Å²) in [5.74, 6) is 1.06. The van der Waals surface area contributed by atoms with Crippen LogP contribution in [0.5, 0.6) is 5.75 Å². The molecular weight excluding hydrogens is 333 g/mol. The number of benzene rings is 2. The molecule has 1 aromatic heterocycles. The maximum Gasteiger partial charge on any atom is 0.206 e. The van der Waals surface area contributed by atoms with E-state index in [1.807, 2.05) is 28.8 Å². The largest absolute Gasteiger partial charge is 0.491 e. The van der Waals surface area contributed by atoms with Crippen molar-refractivity contribution in [1.29, 1.82) is 0 Å². The molecule has 0 saturated carbocycles. The van der Waals surface area contributed by atoms with Crippen molar-refractivity contribution in [2.45, 2.75) is 26.5 Å². The molecule has 1 heterocycles. The van der Waals surface area contributed by atoms with Gasteiger partial charge in [-0.3, -0.25) is 0 Å². The Balaban J connectivity index is 1.78. The lowest BCUT2D eigenvalue weighted by molar-refractivity contribution is 0.0936. The molecule has 3 aromatic rings. The smallest absolute Gasteiger partial charge is 0.206 e. The Morgan fingerprint density at radius 3 is 2.50 bits per heavy atom. The molecule has 0 amide bonds. The van der Waals surface area contributed by atoms with E-state index >= 15 is 0 Å². The van der Waals surface area contributed by atoms with Crippen molar-refractivity contribution in [1.82, 2.24) is 9.55 Å². The van der Waals surface area contributed by atoms with Crippen molar-refractivity contribution >= 4 is 17.0 Å². The van der Waals surface area contributed by atoms with Gasteiger partial charge < -0.3 is 19.3 Å². The molecule has 26 heavy (non-hydrogen) atoms. The monoisotopic (exact) mass is 357 g/mol. The summed E-state index contributed by atoms with van der Waals surface area (Å²) in [6, 6.07) is 13.7. The Bertz CT molecular complexity index is 844. The van der Waals surface area contributed by atoms with E-state index in [4.69, 9.17) is 9.72 Å². The Kier molecular flexibility index (Phi) is 5.73. The van der Waals surface area contributed by atoms with Crippen LogP contribution in [0.1, 0.15) is 13.8 Å². The zero-order valence-electron chi connectivity index (χ0n) is 15.1. The fourth-order valence-electron chi connectivity index (χ4n) is 2.98. The van der Waals surface area contributed by atoms with Crippen LogP contribution in [0.3, 0.4) is 0 Å². The van der Waals surface area contributed by atoms with E-state index in [2.05, 4.69) is 18.7 Å². The number of fused-ring (bicyclic) bond motifs is 1. The van der Waals surface area contributed by atoms with Crippen molar-refractivity contribution in [2.24, 2.45) is 0 Å². The van der Waals surface area contributed by atoms with Gasteiger partial charge in [-0.15, -0.1) is 0 Å². The highest BCUT2D eigenvalue weighted by atomic mass is 19.1. The van der Waals surface area contributed by atoms with Gasteiger partial charge in [0.1, 0.15) is 24.3 Å². The minimum Gasteiger partial charge on any atom is -0.491 e. The van der Waals surface area contributed by atoms with E-state index in [-0.39, 0.29) is 12.4 Å². The highest BCUT2D eigenvalue weighted by Crippen LogP contribution is 2.23. The second-order valence-corrected chi connectivity index (χ2v) is 6.10. The highest BCUT2D eigenvalue weighted by Gasteiger charge is 2.18. The molecule has 0 radical (unpaired) electrons. The van der Waals surface area contributed by atoms with E-state index in [0.29, 0.717) is 12.3 Å². The summed E-state index contributed by atoms with van der Waals surface area (Å²) in [6.07, 6.45) is -0.716. The van der Waals surface area contributed by atoms with Gasteiger partial charge in [-0.2, -0.15) is 0 Å². The molecular formula is C20H24FN3O2. The van der Waals surface area contributed by atoms with Gasteiger partial charge in [-0.05, 0) is 50.2 Å². The van der Waals surface area contributed by atoms with Gasteiger partial charge in [0.15, 0.2) is 0 Å². The zero-order valence-corrected chi connectivity index (χ0v) is 15.1. The fraction of sp³-hybridized carbons (Fsp3) is 0.350. The molecule has 3 rings (SSSR count). The second kappa shape index (κ2) is 8.19. The predicted molar refractivity (Wildman–Crippen MR) is 101 cm³/mol. The first-order valence-corrected chi connectivity index (χ1v) is 8.89. The highest BCUT2D eigenvalue weighted by molar-refractivity contribution is 5.78. The van der Waals surface area contributed by atoms with Gasteiger partial charge in [-0.1, -0.05) is 12.1 Å². The van der Waals surface area contributed by atoms with Crippen molar-refractivity contribution in [3.05, 3.63) is 54.3 Å². The van der Waals surface area contributed by atoms with Gasteiger partial charge in [0.2, 0.25) is 5.95 Å². The molecule has 0 spiro atoms. The molecule has 2 aromatic carbocycles. The number of imidazole rings is 1. The molecule has 0 fully saturated rings. The molecule has 0 aliphatic rings. The first kappa shape index (κ1) is 18.2. The molecule has 0 bridgehead atoms. The SMILES string of the molecule is CCN(CC)c1nc2ccccc2n1CC(O)COc1ccc(F)cc1. The van der Waals surface area contributed by atoms with Crippen LogP contribution in [0.15, 0.2) is 48.5 Å². The van der Waals surface area contributed by atoms with Crippen LogP contribution >= 0.6 is 0 Å². The topological polar surface area (TPSA) is 50.5 Å². The van der Waals surface area contributed by atoms with Crippen molar-refractivity contribution < 1.29 is 14.2 Å². The molecule has 138 valence electrons. The first-order valence-electron chi connectivity index (χ1n) is 8.89. The van der Waals surface area contributed by atoms with Crippen molar-refractivity contribution in [2.75, 3.05) is 24.6 Å². The Hall–Kier alpha value is -2.60. The number of nitrogens with zero attached hydrogens (tertiary/aromatic N) is 3. The molecule has 5 nitrogen and oxygen atoms in total. The lowest BCUT2D eigenvalue weighted by Gasteiger charge is -2.23. The van der Waals surface area contributed by atoms with E-state index < -0.39 is 6.10 Å². The average molecular weight is 357 g/mol. The number of hydrogen-bond acceptors (Lipinski definition) is 4. The van der Waals surface area contributed by atoms with Crippen molar-refractivity contribution in [3.8, 4) is 5.75 Å². The van der Waals surface area contributed by atoms with Crippen LogP contribution in [-0.4, -0.2) is 40.5 Å². The molecule has 0 saturated heterocycles. The van der Waals surface area contributed by atoms with Gasteiger partial charge in [0.25, 0.3) is 0 Å². The summed E-state index contributed by atoms with van der Waals surface area (Å²) in [6.45, 7) is 6.33.